The number of aromatic nitrogens is 2. The Morgan fingerprint density at radius 1 is 1.50 bits per heavy atom. The number of aromatic amines is 1. The summed E-state index contributed by atoms with van der Waals surface area (Å²) in [6.45, 7) is 0.299. The standard InChI is InChI=1S/C12H14N4O2/c13-9-2-1-3-11(6-9)18-5-4-12(17)16-10-7-14-15-8-10/h1-3,6-8H,4-5,13H2,(H,14,15)(H,16,17). The number of nitrogens with zero attached hydrogens (tertiary/aromatic N) is 1. The summed E-state index contributed by atoms with van der Waals surface area (Å²) in [5, 5.41) is 9.02. The van der Waals surface area contributed by atoms with E-state index in [0.29, 0.717) is 23.7 Å². The third-order valence-electron chi connectivity index (χ3n) is 2.24. The summed E-state index contributed by atoms with van der Waals surface area (Å²) in [4.78, 5) is 11.5. The molecule has 1 aromatic heterocycles. The Labute approximate surface area is 104 Å². The molecule has 1 amide bonds. The van der Waals surface area contributed by atoms with E-state index in [9.17, 15) is 4.79 Å². The summed E-state index contributed by atoms with van der Waals surface area (Å²) in [7, 11) is 0. The summed E-state index contributed by atoms with van der Waals surface area (Å²) >= 11 is 0. The smallest absolute Gasteiger partial charge is 0.227 e. The highest BCUT2D eigenvalue weighted by Crippen LogP contribution is 2.14. The number of H-pyrrole nitrogens is 1. The normalized spacial score (nSPS) is 10.0. The third-order valence-corrected chi connectivity index (χ3v) is 2.24. The molecular weight excluding hydrogens is 232 g/mol. The van der Waals surface area contributed by atoms with E-state index in [1.54, 1.807) is 30.5 Å². The maximum atomic E-state index is 11.5. The summed E-state index contributed by atoms with van der Waals surface area (Å²) in [5.74, 6) is 0.534. The van der Waals surface area contributed by atoms with Gasteiger partial charge < -0.3 is 15.8 Å². The van der Waals surface area contributed by atoms with Crippen LogP contribution < -0.4 is 15.8 Å². The molecule has 0 saturated heterocycles. The van der Waals surface area contributed by atoms with Crippen molar-refractivity contribution in [3.05, 3.63) is 36.7 Å². The summed E-state index contributed by atoms with van der Waals surface area (Å²) in [6, 6.07) is 7.09. The van der Waals surface area contributed by atoms with Crippen molar-refractivity contribution in [1.82, 2.24) is 10.2 Å². The minimum Gasteiger partial charge on any atom is -0.493 e. The molecule has 1 heterocycles. The lowest BCUT2D eigenvalue weighted by atomic mass is 10.3. The van der Waals surface area contributed by atoms with Crippen LogP contribution in [-0.2, 0) is 4.79 Å². The number of benzene rings is 1. The molecule has 94 valence electrons. The highest BCUT2D eigenvalue weighted by Gasteiger charge is 2.03. The average molecular weight is 246 g/mol. The Hall–Kier alpha value is -2.50. The molecule has 0 unspecified atom stereocenters. The highest BCUT2D eigenvalue weighted by atomic mass is 16.5. The van der Waals surface area contributed by atoms with E-state index in [0.717, 1.165) is 0 Å². The minimum atomic E-state index is -0.125. The fourth-order valence-corrected chi connectivity index (χ4v) is 1.41. The van der Waals surface area contributed by atoms with Crippen LogP contribution in [0.15, 0.2) is 36.7 Å². The molecule has 0 fully saturated rings. The van der Waals surface area contributed by atoms with Crippen molar-refractivity contribution in [3.63, 3.8) is 0 Å². The molecule has 6 heteroatoms. The lowest BCUT2D eigenvalue weighted by molar-refractivity contribution is -0.116. The van der Waals surface area contributed by atoms with Crippen LogP contribution in [0.25, 0.3) is 0 Å². The first-order valence-corrected chi connectivity index (χ1v) is 5.51. The number of hydrogen-bond acceptors (Lipinski definition) is 4. The summed E-state index contributed by atoms with van der Waals surface area (Å²) in [6.07, 6.45) is 3.41. The van der Waals surface area contributed by atoms with Gasteiger partial charge in [-0.15, -0.1) is 0 Å². The molecule has 0 bridgehead atoms. The topological polar surface area (TPSA) is 93.0 Å². The van der Waals surface area contributed by atoms with Crippen molar-refractivity contribution in [2.75, 3.05) is 17.7 Å². The van der Waals surface area contributed by atoms with Gasteiger partial charge in [-0.05, 0) is 12.1 Å². The number of hydrogen-bond donors (Lipinski definition) is 3. The first-order valence-electron chi connectivity index (χ1n) is 5.51. The predicted molar refractivity (Wildman–Crippen MR) is 68.2 cm³/mol. The Balaban J connectivity index is 1.73. The number of ether oxygens (including phenoxy) is 1. The summed E-state index contributed by atoms with van der Waals surface area (Å²) < 4.78 is 5.41. The van der Waals surface area contributed by atoms with Gasteiger partial charge in [0, 0.05) is 18.0 Å². The first-order chi connectivity index (χ1) is 8.74. The maximum absolute atomic E-state index is 11.5. The van der Waals surface area contributed by atoms with Crippen LogP contribution in [0.5, 0.6) is 5.75 Å². The van der Waals surface area contributed by atoms with Gasteiger partial charge in [0.25, 0.3) is 0 Å². The Morgan fingerprint density at radius 3 is 3.11 bits per heavy atom. The van der Waals surface area contributed by atoms with E-state index in [1.807, 2.05) is 0 Å². The van der Waals surface area contributed by atoms with Crippen LogP contribution in [0.3, 0.4) is 0 Å². The molecule has 2 aromatic rings. The fraction of sp³-hybridized carbons (Fsp3) is 0.167. The Kier molecular flexibility index (Phi) is 3.80. The van der Waals surface area contributed by atoms with Crippen LogP contribution in [0, 0.1) is 0 Å². The van der Waals surface area contributed by atoms with E-state index in [4.69, 9.17) is 10.5 Å². The number of nitrogens with two attached hydrogens (primary N) is 1. The summed E-state index contributed by atoms with van der Waals surface area (Å²) in [5.41, 5.74) is 6.89. The highest BCUT2D eigenvalue weighted by molar-refractivity contribution is 5.90. The number of carbonyl (C=O) groups excluding carboxylic acids is 1. The molecule has 0 atom stereocenters. The molecule has 2 rings (SSSR count). The number of carbonyl (C=O) groups is 1. The van der Waals surface area contributed by atoms with E-state index >= 15 is 0 Å². The average Bonchev–Trinajstić information content (AvgIpc) is 2.82. The third kappa shape index (κ3) is 3.51. The molecule has 1 aromatic carbocycles. The van der Waals surface area contributed by atoms with Crippen LogP contribution >= 0.6 is 0 Å². The lowest BCUT2D eigenvalue weighted by Gasteiger charge is -2.06. The van der Waals surface area contributed by atoms with Gasteiger partial charge in [0.05, 0.1) is 24.9 Å². The van der Waals surface area contributed by atoms with Crippen LogP contribution in [0.4, 0.5) is 11.4 Å². The molecule has 0 aliphatic heterocycles. The molecule has 18 heavy (non-hydrogen) atoms. The van der Waals surface area contributed by atoms with Crippen molar-refractivity contribution in [3.8, 4) is 5.75 Å². The molecular formula is C12H14N4O2. The van der Waals surface area contributed by atoms with Crippen LogP contribution in [-0.4, -0.2) is 22.7 Å². The van der Waals surface area contributed by atoms with E-state index in [2.05, 4.69) is 15.5 Å². The van der Waals surface area contributed by atoms with Crippen molar-refractivity contribution >= 4 is 17.3 Å². The Morgan fingerprint density at radius 2 is 2.39 bits per heavy atom. The first kappa shape index (κ1) is 12.0. The molecule has 4 N–H and O–H groups in total. The number of nitrogens with one attached hydrogen (secondary N) is 2. The van der Waals surface area contributed by atoms with E-state index in [1.165, 1.54) is 6.20 Å². The zero-order valence-corrected chi connectivity index (χ0v) is 9.72. The SMILES string of the molecule is Nc1cccc(OCCC(=O)Nc2cn[nH]c2)c1. The second-order valence-electron chi connectivity index (χ2n) is 3.71. The van der Waals surface area contributed by atoms with Crippen molar-refractivity contribution in [2.45, 2.75) is 6.42 Å². The van der Waals surface area contributed by atoms with Crippen molar-refractivity contribution in [2.24, 2.45) is 0 Å². The van der Waals surface area contributed by atoms with Gasteiger partial charge in [-0.2, -0.15) is 5.10 Å². The molecule has 0 aliphatic carbocycles. The monoisotopic (exact) mass is 246 g/mol. The van der Waals surface area contributed by atoms with E-state index < -0.39 is 0 Å². The second-order valence-corrected chi connectivity index (χ2v) is 3.71. The van der Waals surface area contributed by atoms with Gasteiger partial charge in [-0.3, -0.25) is 9.89 Å². The van der Waals surface area contributed by atoms with E-state index in [-0.39, 0.29) is 12.3 Å². The van der Waals surface area contributed by atoms with Crippen molar-refractivity contribution in [1.29, 1.82) is 0 Å². The largest absolute Gasteiger partial charge is 0.493 e. The lowest BCUT2D eigenvalue weighted by Crippen LogP contribution is -2.14. The number of rotatable bonds is 5. The zero-order valence-electron chi connectivity index (χ0n) is 9.72. The van der Waals surface area contributed by atoms with Crippen LogP contribution in [0.1, 0.15) is 6.42 Å². The van der Waals surface area contributed by atoms with Gasteiger partial charge in [0.15, 0.2) is 0 Å². The Bertz CT molecular complexity index is 511. The molecule has 0 radical (unpaired) electrons. The quantitative estimate of drug-likeness (QED) is 0.695. The predicted octanol–water partition coefficient (Wildman–Crippen LogP) is 1.40. The second kappa shape index (κ2) is 5.72. The minimum absolute atomic E-state index is 0.125. The number of nitrogen functional groups attached to an aromatic ring is 1. The molecule has 0 spiro atoms. The van der Waals surface area contributed by atoms with Crippen LogP contribution in [0.2, 0.25) is 0 Å². The number of amides is 1. The molecule has 0 aliphatic rings. The van der Waals surface area contributed by atoms with Gasteiger partial charge >= 0.3 is 0 Å². The molecule has 0 saturated carbocycles. The van der Waals surface area contributed by atoms with Gasteiger partial charge in [-0.1, -0.05) is 6.07 Å². The van der Waals surface area contributed by atoms with Gasteiger partial charge in [0.1, 0.15) is 5.75 Å². The zero-order chi connectivity index (χ0) is 12.8. The molecule has 6 nitrogen and oxygen atoms in total. The van der Waals surface area contributed by atoms with Gasteiger partial charge in [0.2, 0.25) is 5.91 Å². The maximum Gasteiger partial charge on any atom is 0.227 e. The fourth-order valence-electron chi connectivity index (χ4n) is 1.41. The van der Waals surface area contributed by atoms with Gasteiger partial charge in [-0.25, -0.2) is 0 Å². The van der Waals surface area contributed by atoms with Crippen molar-refractivity contribution < 1.29 is 9.53 Å². The number of anilines is 2.